The zero-order chi connectivity index (χ0) is 69.5. The summed E-state index contributed by atoms with van der Waals surface area (Å²) in [5, 5.41) is 115. The van der Waals surface area contributed by atoms with Crippen molar-refractivity contribution in [1.29, 1.82) is 0 Å². The second kappa shape index (κ2) is 31.5. The average Bonchev–Trinajstić information content (AvgIpc) is 0.687. The topological polar surface area (TPSA) is 367 Å². The second-order valence-corrected chi connectivity index (χ2v) is 29.5. The van der Waals surface area contributed by atoms with E-state index in [0.29, 0.717) is 75.2 Å². The molecule has 2 aromatic rings. The Morgan fingerprint density at radius 3 is 2.20 bits per heavy atom. The highest BCUT2D eigenvalue weighted by molar-refractivity contribution is 5.94. The van der Waals surface area contributed by atoms with E-state index in [1.54, 1.807) is 36.4 Å². The maximum atomic E-state index is 15.7. The summed E-state index contributed by atoms with van der Waals surface area (Å²) in [5.41, 5.74) is -1.58. The van der Waals surface area contributed by atoms with E-state index in [0.717, 1.165) is 24.7 Å². The van der Waals surface area contributed by atoms with Crippen LogP contribution in [0.4, 0.5) is 0 Å². The fourth-order valence-electron chi connectivity index (χ4n) is 15.9. The third-order valence-corrected chi connectivity index (χ3v) is 22.3. The van der Waals surface area contributed by atoms with E-state index in [4.69, 9.17) is 28.4 Å². The predicted molar refractivity (Wildman–Crippen MR) is 344 cm³/mol. The Kier molecular flexibility index (Phi) is 25.5. The lowest BCUT2D eigenvalue weighted by Gasteiger charge is -2.69. The lowest BCUT2D eigenvalue weighted by atomic mass is 9.35. The zero-order valence-corrected chi connectivity index (χ0v) is 56.4. The lowest BCUT2D eigenvalue weighted by Crippen LogP contribution is -2.66. The van der Waals surface area contributed by atoms with Crippen LogP contribution in [-0.4, -0.2) is 194 Å². The summed E-state index contributed by atoms with van der Waals surface area (Å²) in [5.74, 6) is -2.06. The molecule has 22 atom stereocenters. The van der Waals surface area contributed by atoms with Gasteiger partial charge in [0.15, 0.2) is 12.6 Å². The van der Waals surface area contributed by atoms with Gasteiger partial charge in [0.25, 0.3) is 5.91 Å². The van der Waals surface area contributed by atoms with Crippen molar-refractivity contribution in [3.63, 3.8) is 0 Å². The van der Waals surface area contributed by atoms with E-state index in [1.165, 1.54) is 13.0 Å². The summed E-state index contributed by atoms with van der Waals surface area (Å²) in [6.45, 7) is 22.5. The third kappa shape index (κ3) is 16.1. The number of phenolic OH excluding ortho intramolecular Hbond substituents is 1. The lowest BCUT2D eigenvalue weighted by molar-refractivity contribution is -0.305. The van der Waals surface area contributed by atoms with Gasteiger partial charge < -0.3 is 94.9 Å². The highest BCUT2D eigenvalue weighted by Gasteiger charge is 2.67. The number of carbonyl (C=O) groups is 5. The van der Waals surface area contributed by atoms with E-state index in [1.807, 2.05) is 26.8 Å². The van der Waals surface area contributed by atoms with Crippen molar-refractivity contribution >= 4 is 30.4 Å². The Balaban J connectivity index is 1.08. The molecule has 2 amide bonds. The van der Waals surface area contributed by atoms with Gasteiger partial charge in [0.2, 0.25) is 12.2 Å². The van der Waals surface area contributed by atoms with Gasteiger partial charge in [0.05, 0.1) is 54.5 Å². The van der Waals surface area contributed by atoms with Gasteiger partial charge in [-0.1, -0.05) is 97.7 Å². The van der Waals surface area contributed by atoms with Gasteiger partial charge in [-0.15, -0.1) is 6.58 Å². The molecule has 2 heterocycles. The van der Waals surface area contributed by atoms with Crippen molar-refractivity contribution in [3.8, 4) is 11.5 Å². The largest absolute Gasteiger partial charge is 0.507 e. The number of aromatic hydroxyl groups is 1. The minimum absolute atomic E-state index is 0.0293. The minimum atomic E-state index is -2.01. The number of aliphatic hydroxyl groups is 9. The number of hydrogen-bond donors (Lipinski definition) is 12. The Bertz CT molecular complexity index is 2940. The predicted octanol–water partition coefficient (Wildman–Crippen LogP) is 5.27. The Morgan fingerprint density at radius 2 is 1.56 bits per heavy atom. The van der Waals surface area contributed by atoms with Crippen LogP contribution in [0.15, 0.2) is 66.8 Å². The van der Waals surface area contributed by atoms with E-state index >= 15 is 4.79 Å². The fraction of sp³-hybridized carbons (Fsp3) is 0.704. The molecule has 0 bridgehead atoms. The molecule has 12 N–H and O–H groups in total. The van der Waals surface area contributed by atoms with E-state index in [-0.39, 0.29) is 70.6 Å². The number of rotatable bonds is 30. The maximum Gasteiger partial charge on any atom is 0.314 e. The number of phenols is 1. The highest BCUT2D eigenvalue weighted by atomic mass is 16.7. The van der Waals surface area contributed by atoms with Crippen LogP contribution >= 0.6 is 0 Å². The van der Waals surface area contributed by atoms with Crippen molar-refractivity contribution < 1.29 is 103 Å². The van der Waals surface area contributed by atoms with Crippen molar-refractivity contribution in [1.82, 2.24) is 10.6 Å². The van der Waals surface area contributed by atoms with Gasteiger partial charge >= 0.3 is 5.97 Å². The molecule has 23 heteroatoms. The first-order valence-corrected chi connectivity index (χ1v) is 33.3. The van der Waals surface area contributed by atoms with Crippen LogP contribution < -0.4 is 15.4 Å². The van der Waals surface area contributed by atoms with Gasteiger partial charge in [0, 0.05) is 18.5 Å². The Labute approximate surface area is 552 Å². The molecule has 4 fully saturated rings. The number of benzene rings is 2. The van der Waals surface area contributed by atoms with Crippen molar-refractivity contribution in [2.24, 2.45) is 50.2 Å². The summed E-state index contributed by atoms with van der Waals surface area (Å²) < 4.78 is 35.8. The molecular formula is C71H106N2O21. The molecule has 0 spiro atoms. The number of ether oxygens (including phenoxy) is 6. The monoisotopic (exact) mass is 1320 g/mol. The van der Waals surface area contributed by atoms with Crippen LogP contribution in [0.2, 0.25) is 0 Å². The Morgan fingerprint density at radius 1 is 0.862 bits per heavy atom. The normalized spacial score (nSPS) is 34.1. The van der Waals surface area contributed by atoms with Crippen LogP contribution in [0, 0.1) is 50.2 Å². The number of allylic oxidation sites excluding steroid dienone is 3. The molecule has 94 heavy (non-hydrogen) atoms. The molecule has 13 unspecified atom stereocenters. The first-order chi connectivity index (χ1) is 44.2. The minimum Gasteiger partial charge on any atom is -0.507 e. The van der Waals surface area contributed by atoms with Crippen molar-refractivity contribution in [3.05, 3.63) is 83.5 Å². The molecule has 3 aliphatic carbocycles. The summed E-state index contributed by atoms with van der Waals surface area (Å²) in [6, 6.07) is 9.75. The van der Waals surface area contributed by atoms with Gasteiger partial charge in [-0.3, -0.25) is 19.2 Å². The number of unbranched alkanes of at least 4 members (excludes halogenated alkanes) is 2. The van der Waals surface area contributed by atoms with Crippen LogP contribution in [0.25, 0.3) is 0 Å². The first-order valence-electron chi connectivity index (χ1n) is 33.3. The van der Waals surface area contributed by atoms with Crippen LogP contribution in [0.1, 0.15) is 173 Å². The molecule has 2 aliphatic heterocycles. The molecule has 0 aromatic heterocycles. The third-order valence-electron chi connectivity index (χ3n) is 22.3. The highest BCUT2D eigenvalue weighted by Crippen LogP contribution is 2.73. The van der Waals surface area contributed by atoms with E-state index in [9.17, 15) is 70.2 Å². The molecule has 7 rings (SSSR count). The maximum absolute atomic E-state index is 15.7. The van der Waals surface area contributed by atoms with Crippen LogP contribution in [-0.2, 0) is 44.7 Å². The molecule has 2 aromatic carbocycles. The SMILES string of the molecule is C=CC[C@]1(C)C(C(C)[C@@](C)(CCC(C)(C)C)C(=O)O[C@@H]2O[C@H](CO)C(NC(=O)CCCCCNC(=O)c3ccc(COc4cccc(O)c4C=O)cc3)C(O)C2OCC(O)C(O)C(O[C@@H]2OC[C@@H](O)C(O)C2O)[C@@H](C)O)=CCC2C3(C)CCC(O)C(C)(C=O)[C@H]3CC[C@]21C. The average molecular weight is 1320 g/mol. The van der Waals surface area contributed by atoms with Crippen LogP contribution in [0.5, 0.6) is 11.5 Å². The van der Waals surface area contributed by atoms with Gasteiger partial charge in [-0.05, 0) is 147 Å². The van der Waals surface area contributed by atoms with Gasteiger partial charge in [-0.2, -0.15) is 0 Å². The number of nitrogens with one attached hydrogen (secondary N) is 2. The van der Waals surface area contributed by atoms with E-state index < -0.39 is 140 Å². The first kappa shape index (κ1) is 76.1. The van der Waals surface area contributed by atoms with Crippen molar-refractivity contribution in [2.45, 2.75) is 239 Å². The van der Waals surface area contributed by atoms with E-state index in [2.05, 4.69) is 64.8 Å². The number of hydrogen-bond acceptors (Lipinski definition) is 21. The van der Waals surface area contributed by atoms with Crippen LogP contribution in [0.3, 0.4) is 0 Å². The zero-order valence-electron chi connectivity index (χ0n) is 56.4. The quantitative estimate of drug-likeness (QED) is 0.0205. The summed E-state index contributed by atoms with van der Waals surface area (Å²) >= 11 is 0. The van der Waals surface area contributed by atoms with Gasteiger partial charge in [0.1, 0.15) is 79.3 Å². The Hall–Kier alpha value is -5.25. The molecule has 2 saturated carbocycles. The summed E-state index contributed by atoms with van der Waals surface area (Å²) in [6.07, 6.45) is -9.70. The van der Waals surface area contributed by atoms with Crippen molar-refractivity contribution in [2.75, 3.05) is 26.4 Å². The number of carbonyl (C=O) groups excluding carboxylic acids is 5. The standard InChI is InChI=1S/C71H106N2O21/c1-12-28-70(10)45(24-25-52-68(8)29-27-53(81)69(9,39-76)51(68)26-30-71(52,70)11)40(2)67(7,32-31-66(4,5)6)65(88)94-64-61(90-37-48(80)57(84)60(41(3)77)93-63-59(86)56(83)47(79)38-91-63)58(85)55(50(35-75)92-64)73-54(82)19-14-13-15-33-72-62(87)43-22-20-42(21-23-43)36-89-49-18-16-17-46(78)44(49)34-74/h12,16-18,20-24,34,39-41,47-48,50-53,55-61,63-64,75,77-81,83-86H,1,13-15,19,25-33,35-38H2,2-11H3,(H,72,87)(H,73,82)/t40?,41-,47-,48?,50-,51+,52?,53?,55?,56?,57?,58?,59?,60?,61?,63+,64+,67-,68?,69?,70-,71-/m1/s1. The van der Waals surface area contributed by atoms with Gasteiger partial charge in [-0.25, -0.2) is 0 Å². The number of esters is 1. The molecular weight excluding hydrogens is 1220 g/mol. The number of amides is 2. The second-order valence-electron chi connectivity index (χ2n) is 29.5. The smallest absolute Gasteiger partial charge is 0.314 e. The number of aldehydes is 2. The summed E-state index contributed by atoms with van der Waals surface area (Å²) in [7, 11) is 0. The molecule has 0 radical (unpaired) electrons. The molecule has 526 valence electrons. The summed E-state index contributed by atoms with van der Waals surface area (Å²) in [4.78, 5) is 66.9. The number of aliphatic hydroxyl groups excluding tert-OH is 9. The molecule has 2 saturated heterocycles. The molecule has 5 aliphatic rings. The fourth-order valence-corrected chi connectivity index (χ4v) is 15.9. The number of fused-ring (bicyclic) bond motifs is 3. The molecule has 23 nitrogen and oxygen atoms in total.